The molecule has 0 radical (unpaired) electrons. The molecule has 124 valence electrons. The highest BCUT2D eigenvalue weighted by molar-refractivity contribution is 6.31. The molecule has 4 N–H and O–H groups in total. The van der Waals surface area contributed by atoms with Crippen molar-refractivity contribution in [2.45, 2.75) is 18.0 Å². The first kappa shape index (κ1) is 14.8. The van der Waals surface area contributed by atoms with E-state index in [1.807, 2.05) is 0 Å². The third-order valence-electron chi connectivity index (χ3n) is 4.61. The maximum Gasteiger partial charge on any atom is 0.408 e. The van der Waals surface area contributed by atoms with E-state index in [1.54, 1.807) is 18.2 Å². The zero-order valence-electron chi connectivity index (χ0n) is 12.2. The van der Waals surface area contributed by atoms with Crippen molar-refractivity contribution >= 4 is 46.2 Å². The van der Waals surface area contributed by atoms with Crippen molar-refractivity contribution in [2.24, 2.45) is 5.73 Å². The molecule has 0 unspecified atom stereocenters. The Morgan fingerprint density at radius 1 is 1.46 bits per heavy atom. The molecule has 2 aliphatic heterocycles. The molecule has 0 aliphatic carbocycles. The van der Waals surface area contributed by atoms with Gasteiger partial charge in [-0.1, -0.05) is 11.6 Å². The summed E-state index contributed by atoms with van der Waals surface area (Å²) in [6.45, 7) is -0.198. The number of nitrogens with zero attached hydrogens (tertiary/aromatic N) is 3. The van der Waals surface area contributed by atoms with Crippen LogP contribution < -0.4 is 11.1 Å². The SMILES string of the molecule is NC(=O)[C@@H]1C[C@@]2(CN1C(=O)O)C(=O)Nc1c3cc(Cl)ccc3nn12. The molecule has 4 rings (SSSR count). The molecule has 2 aromatic rings. The van der Waals surface area contributed by atoms with Crippen LogP contribution >= 0.6 is 11.6 Å². The van der Waals surface area contributed by atoms with Crippen molar-refractivity contribution in [2.75, 3.05) is 11.9 Å². The molecular weight excluding hydrogens is 338 g/mol. The van der Waals surface area contributed by atoms with E-state index in [4.69, 9.17) is 17.3 Å². The van der Waals surface area contributed by atoms with Crippen LogP contribution in [0.5, 0.6) is 0 Å². The van der Waals surface area contributed by atoms with Crippen molar-refractivity contribution in [1.82, 2.24) is 14.7 Å². The van der Waals surface area contributed by atoms with E-state index in [0.29, 0.717) is 21.7 Å². The molecule has 1 aromatic heterocycles. The first-order valence-corrected chi connectivity index (χ1v) is 7.50. The van der Waals surface area contributed by atoms with Gasteiger partial charge in [0.2, 0.25) is 5.91 Å². The number of carbonyl (C=O) groups is 3. The van der Waals surface area contributed by atoms with Crippen molar-refractivity contribution in [3.63, 3.8) is 0 Å². The topological polar surface area (TPSA) is 131 Å². The lowest BCUT2D eigenvalue weighted by Crippen LogP contribution is -2.44. The Bertz CT molecular complexity index is 901. The Kier molecular flexibility index (Phi) is 2.83. The number of anilines is 1. The van der Waals surface area contributed by atoms with Crippen LogP contribution in [0.25, 0.3) is 10.9 Å². The fourth-order valence-electron chi connectivity index (χ4n) is 3.47. The minimum atomic E-state index is -1.31. The van der Waals surface area contributed by atoms with Gasteiger partial charge < -0.3 is 16.2 Å². The number of hydrogen-bond acceptors (Lipinski definition) is 4. The minimum Gasteiger partial charge on any atom is -0.465 e. The van der Waals surface area contributed by atoms with Gasteiger partial charge in [0, 0.05) is 16.8 Å². The summed E-state index contributed by atoms with van der Waals surface area (Å²) in [7, 11) is 0. The Balaban J connectivity index is 1.89. The van der Waals surface area contributed by atoms with Gasteiger partial charge in [-0.25, -0.2) is 9.48 Å². The van der Waals surface area contributed by atoms with Gasteiger partial charge in [0.25, 0.3) is 5.91 Å². The lowest BCUT2D eigenvalue weighted by molar-refractivity contribution is -0.123. The number of carboxylic acid groups (broad SMARTS) is 1. The second-order valence-electron chi connectivity index (χ2n) is 5.94. The smallest absolute Gasteiger partial charge is 0.408 e. The summed E-state index contributed by atoms with van der Waals surface area (Å²) in [5.74, 6) is -0.773. The van der Waals surface area contributed by atoms with Gasteiger partial charge in [-0.3, -0.25) is 14.5 Å². The molecule has 0 saturated carbocycles. The fraction of sp³-hybridized carbons (Fsp3) is 0.286. The second-order valence-corrected chi connectivity index (χ2v) is 6.38. The monoisotopic (exact) mass is 349 g/mol. The van der Waals surface area contributed by atoms with E-state index in [0.717, 1.165) is 4.90 Å². The lowest BCUT2D eigenvalue weighted by atomic mass is 9.96. The fourth-order valence-corrected chi connectivity index (χ4v) is 3.64. The normalized spacial score (nSPS) is 25.3. The molecule has 1 saturated heterocycles. The van der Waals surface area contributed by atoms with E-state index < -0.39 is 29.5 Å². The van der Waals surface area contributed by atoms with Gasteiger partial charge in [0.1, 0.15) is 11.9 Å². The van der Waals surface area contributed by atoms with E-state index in [-0.39, 0.29) is 13.0 Å². The van der Waals surface area contributed by atoms with Crippen molar-refractivity contribution in [3.05, 3.63) is 23.2 Å². The number of hydrogen-bond donors (Lipinski definition) is 3. The number of rotatable bonds is 1. The van der Waals surface area contributed by atoms with Crippen molar-refractivity contribution < 1.29 is 19.5 Å². The number of likely N-dealkylation sites (tertiary alicyclic amines) is 1. The number of aromatic nitrogens is 2. The van der Waals surface area contributed by atoms with Crippen LogP contribution in [0.3, 0.4) is 0 Å². The van der Waals surface area contributed by atoms with Gasteiger partial charge in [0.15, 0.2) is 5.54 Å². The molecule has 0 bridgehead atoms. The number of carbonyl (C=O) groups excluding carboxylic acids is 2. The van der Waals surface area contributed by atoms with E-state index in [1.165, 1.54) is 4.68 Å². The average molecular weight is 350 g/mol. The second kappa shape index (κ2) is 4.60. The minimum absolute atomic E-state index is 0.0603. The van der Waals surface area contributed by atoms with Gasteiger partial charge in [0.05, 0.1) is 12.1 Å². The molecule has 3 heterocycles. The molecule has 24 heavy (non-hydrogen) atoms. The third kappa shape index (κ3) is 1.75. The third-order valence-corrected chi connectivity index (χ3v) is 4.84. The largest absolute Gasteiger partial charge is 0.465 e. The molecule has 3 amide bonds. The summed E-state index contributed by atoms with van der Waals surface area (Å²) in [4.78, 5) is 36.6. The van der Waals surface area contributed by atoms with Gasteiger partial charge in [-0.2, -0.15) is 5.10 Å². The van der Waals surface area contributed by atoms with Crippen molar-refractivity contribution in [3.8, 4) is 0 Å². The van der Waals surface area contributed by atoms with Crippen LogP contribution in [-0.4, -0.2) is 50.3 Å². The molecule has 2 aliphatic rings. The zero-order chi connectivity index (χ0) is 17.2. The first-order chi connectivity index (χ1) is 11.3. The van der Waals surface area contributed by atoms with Crippen LogP contribution in [0.15, 0.2) is 18.2 Å². The van der Waals surface area contributed by atoms with E-state index >= 15 is 0 Å². The summed E-state index contributed by atoms with van der Waals surface area (Å²) in [6.07, 6.45) is -1.37. The van der Waals surface area contributed by atoms with Crippen LogP contribution in [0.4, 0.5) is 10.6 Å². The van der Waals surface area contributed by atoms with Crippen LogP contribution in [-0.2, 0) is 15.1 Å². The number of nitrogens with two attached hydrogens (primary N) is 1. The number of nitrogens with one attached hydrogen (secondary N) is 1. The summed E-state index contributed by atoms with van der Waals surface area (Å²) in [6, 6.07) is 3.96. The molecule has 2 atom stereocenters. The maximum absolute atomic E-state index is 12.6. The molecule has 1 spiro atoms. The molecule has 9 nitrogen and oxygen atoms in total. The van der Waals surface area contributed by atoms with Gasteiger partial charge in [-0.15, -0.1) is 0 Å². The van der Waals surface area contributed by atoms with E-state index in [9.17, 15) is 19.5 Å². The zero-order valence-corrected chi connectivity index (χ0v) is 12.9. The predicted octanol–water partition coefficient (Wildman–Crippen LogP) is 0.575. The van der Waals surface area contributed by atoms with Gasteiger partial charge in [-0.05, 0) is 18.2 Å². The summed E-state index contributed by atoms with van der Waals surface area (Å²) >= 11 is 6.00. The number of primary amides is 1. The Morgan fingerprint density at radius 2 is 2.21 bits per heavy atom. The van der Waals surface area contributed by atoms with Gasteiger partial charge >= 0.3 is 6.09 Å². The highest BCUT2D eigenvalue weighted by Crippen LogP contribution is 2.43. The average Bonchev–Trinajstić information content (AvgIpc) is 3.14. The molecular formula is C14H12ClN5O4. The number of fused-ring (bicyclic) bond motifs is 4. The molecule has 1 fully saturated rings. The predicted molar refractivity (Wildman–Crippen MR) is 83.7 cm³/mol. The van der Waals surface area contributed by atoms with Crippen LogP contribution in [0, 0.1) is 0 Å². The number of benzene rings is 1. The highest BCUT2D eigenvalue weighted by Gasteiger charge is 2.58. The first-order valence-electron chi connectivity index (χ1n) is 7.12. The molecule has 10 heteroatoms. The standard InChI is InChI=1S/C14H12ClN5O4/c15-6-1-2-8-7(3-6)11-17-12(22)14(20(11)18-8)4-9(10(16)21)19(5-14)13(23)24/h1-3,9H,4-5H2,(H2,16,21)(H,17,22)(H,23,24)/t9-,14+/m0/s1. The lowest BCUT2D eigenvalue weighted by Gasteiger charge is -2.21. The number of halogens is 1. The molecule has 1 aromatic carbocycles. The Labute approximate surface area is 139 Å². The maximum atomic E-state index is 12.6. The summed E-state index contributed by atoms with van der Waals surface area (Å²) in [5.41, 5.74) is 4.63. The summed E-state index contributed by atoms with van der Waals surface area (Å²) < 4.78 is 1.45. The quantitative estimate of drug-likeness (QED) is 0.693. The van der Waals surface area contributed by atoms with E-state index in [2.05, 4.69) is 10.4 Å². The summed E-state index contributed by atoms with van der Waals surface area (Å²) in [5, 5.41) is 17.6. The van der Waals surface area contributed by atoms with Crippen LogP contribution in [0.2, 0.25) is 5.02 Å². The van der Waals surface area contributed by atoms with Crippen LogP contribution in [0.1, 0.15) is 6.42 Å². The van der Waals surface area contributed by atoms with Crippen molar-refractivity contribution in [1.29, 1.82) is 0 Å². The Morgan fingerprint density at radius 3 is 2.83 bits per heavy atom. The Hall–Kier alpha value is -2.81. The number of amides is 3. The highest BCUT2D eigenvalue weighted by atomic mass is 35.5.